The summed E-state index contributed by atoms with van der Waals surface area (Å²) in [4.78, 5) is 19.6. The van der Waals surface area contributed by atoms with Gasteiger partial charge in [-0.05, 0) is 105 Å². The molecule has 4 aliphatic rings. The van der Waals surface area contributed by atoms with E-state index in [0.717, 1.165) is 50.7 Å². The average molecular weight is 499 g/mol. The third-order valence-electron chi connectivity index (χ3n) is 9.58. The number of nitriles is 2. The van der Waals surface area contributed by atoms with Gasteiger partial charge in [0.05, 0.1) is 23.7 Å². The summed E-state index contributed by atoms with van der Waals surface area (Å²) < 4.78 is 0. The van der Waals surface area contributed by atoms with E-state index in [0.29, 0.717) is 23.9 Å². The van der Waals surface area contributed by atoms with Crippen LogP contribution in [-0.4, -0.2) is 28.6 Å². The van der Waals surface area contributed by atoms with E-state index in [-0.39, 0.29) is 11.8 Å². The van der Waals surface area contributed by atoms with Crippen LogP contribution in [0.3, 0.4) is 0 Å². The first kappa shape index (κ1) is 25.1. The lowest BCUT2D eigenvalue weighted by atomic mass is 9.53. The van der Waals surface area contributed by atoms with Crippen molar-refractivity contribution < 1.29 is 14.7 Å². The van der Waals surface area contributed by atoms with Gasteiger partial charge in [-0.1, -0.05) is 35.9 Å². The Morgan fingerprint density at radius 2 is 1.97 bits per heavy atom. The van der Waals surface area contributed by atoms with Crippen molar-refractivity contribution in [3.63, 3.8) is 0 Å². The number of allylic oxidation sites excluding steroid dienone is 4. The van der Waals surface area contributed by atoms with Crippen LogP contribution in [0.25, 0.3) is 0 Å². The van der Waals surface area contributed by atoms with Crippen molar-refractivity contribution in [3.8, 4) is 12.1 Å². The minimum atomic E-state index is -0.978. The molecule has 1 N–H and O–H groups in total. The number of oxime groups is 1. The number of para-hydroxylation sites is 1. The maximum Gasteiger partial charge on any atom is 0.412 e. The zero-order chi connectivity index (χ0) is 26.2. The van der Waals surface area contributed by atoms with Gasteiger partial charge in [0.2, 0.25) is 6.10 Å². The molecule has 0 spiro atoms. The topological polar surface area (TPSA) is 110 Å². The fourth-order valence-corrected chi connectivity index (χ4v) is 7.88. The lowest BCUT2D eigenvalue weighted by molar-refractivity contribution is 0.0527. The first-order valence-electron chi connectivity index (χ1n) is 13.3. The third-order valence-corrected chi connectivity index (χ3v) is 9.58. The van der Waals surface area contributed by atoms with Gasteiger partial charge in [-0.25, -0.2) is 4.79 Å². The quantitative estimate of drug-likeness (QED) is 0.452. The predicted molar refractivity (Wildman–Crippen MR) is 141 cm³/mol. The molecule has 37 heavy (non-hydrogen) atoms. The van der Waals surface area contributed by atoms with Crippen molar-refractivity contribution in [2.45, 2.75) is 83.3 Å². The Balaban J connectivity index is 1.49. The molecule has 2 saturated carbocycles. The highest BCUT2D eigenvalue weighted by atomic mass is 16.6. The van der Waals surface area contributed by atoms with Crippen LogP contribution in [0.15, 0.2) is 58.3 Å². The van der Waals surface area contributed by atoms with Crippen LogP contribution in [0.5, 0.6) is 0 Å². The number of carbonyl (C=O) groups is 1. The number of amides is 1. The number of fused-ring (bicyclic) bond motifs is 4. The molecule has 2 fully saturated rings. The summed E-state index contributed by atoms with van der Waals surface area (Å²) in [6.07, 6.45) is 8.00. The molecule has 7 nitrogen and oxygen atoms in total. The molecule has 192 valence electrons. The highest BCUT2D eigenvalue weighted by Crippen LogP contribution is 2.66. The van der Waals surface area contributed by atoms with E-state index >= 15 is 0 Å². The highest BCUT2D eigenvalue weighted by Gasteiger charge is 2.64. The highest BCUT2D eigenvalue weighted by molar-refractivity contribution is 5.97. The SMILES string of the molecule is CC(C#N)O/N=C1/C=C2CC[C@@H]3C(=C2CC1)CC[C@@]1(C)[C@H]3CC[C@]1(CC#N)N(C(=O)O)c1ccccc1. The van der Waals surface area contributed by atoms with Crippen LogP contribution in [0, 0.1) is 39.9 Å². The molecule has 0 saturated heterocycles. The molecule has 1 aromatic rings. The van der Waals surface area contributed by atoms with E-state index in [1.54, 1.807) is 12.5 Å². The molecule has 0 radical (unpaired) electrons. The number of nitrogens with zero attached hydrogens (tertiary/aromatic N) is 4. The summed E-state index contributed by atoms with van der Waals surface area (Å²) >= 11 is 0. The largest absolute Gasteiger partial charge is 0.465 e. The monoisotopic (exact) mass is 498 g/mol. The van der Waals surface area contributed by atoms with Crippen LogP contribution in [0.1, 0.15) is 71.6 Å². The van der Waals surface area contributed by atoms with Crippen LogP contribution in [-0.2, 0) is 4.84 Å². The molecule has 5 atom stereocenters. The molecular weight excluding hydrogens is 464 g/mol. The number of carboxylic acid groups (broad SMARTS) is 1. The summed E-state index contributed by atoms with van der Waals surface area (Å²) in [5.41, 5.74) is 4.86. The summed E-state index contributed by atoms with van der Waals surface area (Å²) in [7, 11) is 0. The van der Waals surface area contributed by atoms with Gasteiger partial charge in [0, 0.05) is 5.69 Å². The van der Waals surface area contributed by atoms with Gasteiger partial charge in [0.15, 0.2) is 0 Å². The first-order chi connectivity index (χ1) is 17.8. The van der Waals surface area contributed by atoms with E-state index in [1.165, 1.54) is 16.0 Å². The maximum atomic E-state index is 12.8. The van der Waals surface area contributed by atoms with Crippen molar-refractivity contribution >= 4 is 17.5 Å². The molecule has 5 rings (SSSR count). The van der Waals surface area contributed by atoms with Gasteiger partial charge in [0.25, 0.3) is 0 Å². The van der Waals surface area contributed by atoms with Crippen molar-refractivity contribution in [1.82, 2.24) is 0 Å². The molecule has 1 amide bonds. The Morgan fingerprint density at radius 1 is 1.19 bits per heavy atom. The van der Waals surface area contributed by atoms with Gasteiger partial charge in [-0.2, -0.15) is 10.5 Å². The second-order valence-corrected chi connectivity index (χ2v) is 11.2. The Kier molecular flexibility index (Phi) is 6.58. The van der Waals surface area contributed by atoms with Crippen LogP contribution < -0.4 is 4.90 Å². The molecule has 0 bridgehead atoms. The second kappa shape index (κ2) is 9.71. The number of hydrogen-bond donors (Lipinski definition) is 1. The summed E-state index contributed by atoms with van der Waals surface area (Å²) in [6, 6.07) is 13.8. The number of rotatable bonds is 5. The van der Waals surface area contributed by atoms with Crippen molar-refractivity contribution in [1.29, 1.82) is 10.5 Å². The maximum absolute atomic E-state index is 12.8. The van der Waals surface area contributed by atoms with E-state index in [9.17, 15) is 15.2 Å². The molecule has 0 aromatic heterocycles. The zero-order valence-corrected chi connectivity index (χ0v) is 21.6. The zero-order valence-electron chi connectivity index (χ0n) is 21.6. The number of anilines is 1. The standard InChI is InChI=1S/C30H34N4O3/c1-20(19-32)37-33-22-9-11-24-21(18-22)8-10-26-25(24)12-14-29(2)27(26)13-15-30(29,16-17-31)34(28(35)36)23-6-4-3-5-7-23/h3-7,18,20,26-27H,8-16H2,1-2H3,(H,35,36)/b33-22+/t20?,26-,27+,29+,30-/m1/s1. The van der Waals surface area contributed by atoms with E-state index < -0.39 is 17.7 Å². The summed E-state index contributed by atoms with van der Waals surface area (Å²) in [5, 5.41) is 33.6. The lowest BCUT2D eigenvalue weighted by Crippen LogP contribution is -2.61. The minimum Gasteiger partial charge on any atom is -0.465 e. The second-order valence-electron chi connectivity index (χ2n) is 11.2. The summed E-state index contributed by atoms with van der Waals surface area (Å²) in [6.45, 7) is 3.95. The van der Waals surface area contributed by atoms with Gasteiger partial charge in [0.1, 0.15) is 6.07 Å². The van der Waals surface area contributed by atoms with Gasteiger partial charge >= 0.3 is 6.09 Å². The molecular formula is C30H34N4O3. The molecule has 0 heterocycles. The Bertz CT molecular complexity index is 1250. The number of benzene rings is 1. The van der Waals surface area contributed by atoms with Gasteiger partial charge in [-0.3, -0.25) is 4.90 Å². The van der Waals surface area contributed by atoms with Crippen LogP contribution in [0.2, 0.25) is 0 Å². The van der Waals surface area contributed by atoms with Gasteiger partial charge < -0.3 is 9.94 Å². The molecule has 0 aliphatic heterocycles. The normalized spacial score (nSPS) is 32.2. The predicted octanol–water partition coefficient (Wildman–Crippen LogP) is 6.75. The fourth-order valence-electron chi connectivity index (χ4n) is 7.88. The fraction of sp³-hybridized carbons (Fsp3) is 0.533. The van der Waals surface area contributed by atoms with Crippen molar-refractivity contribution in [2.75, 3.05) is 4.90 Å². The van der Waals surface area contributed by atoms with Crippen molar-refractivity contribution in [2.24, 2.45) is 22.4 Å². The molecule has 7 heteroatoms. The minimum absolute atomic E-state index is 0.200. The Labute approximate surface area is 218 Å². The van der Waals surface area contributed by atoms with Crippen LogP contribution in [0.4, 0.5) is 10.5 Å². The van der Waals surface area contributed by atoms with Gasteiger partial charge in [-0.15, -0.1) is 0 Å². The molecule has 4 aliphatic carbocycles. The molecule has 1 aromatic carbocycles. The van der Waals surface area contributed by atoms with E-state index in [1.807, 2.05) is 36.4 Å². The van der Waals surface area contributed by atoms with E-state index in [2.05, 4.69) is 24.2 Å². The van der Waals surface area contributed by atoms with Crippen molar-refractivity contribution in [3.05, 3.63) is 53.1 Å². The number of hydrogen-bond acceptors (Lipinski definition) is 5. The smallest absolute Gasteiger partial charge is 0.412 e. The lowest BCUT2D eigenvalue weighted by Gasteiger charge is -2.56. The Hall–Kier alpha value is -3.58. The average Bonchev–Trinajstić information content (AvgIpc) is 3.20. The third kappa shape index (κ3) is 4.02. The van der Waals surface area contributed by atoms with Crippen LogP contribution >= 0.6 is 0 Å². The summed E-state index contributed by atoms with van der Waals surface area (Å²) in [5.74, 6) is 0.769. The Morgan fingerprint density at radius 3 is 2.68 bits per heavy atom. The first-order valence-corrected chi connectivity index (χ1v) is 13.3. The van der Waals surface area contributed by atoms with E-state index in [4.69, 9.17) is 10.1 Å². The molecule has 1 unspecified atom stereocenters.